The summed E-state index contributed by atoms with van der Waals surface area (Å²) in [6.07, 6.45) is 8.74. The summed E-state index contributed by atoms with van der Waals surface area (Å²) in [4.78, 5) is 17.3. The predicted octanol–water partition coefficient (Wildman–Crippen LogP) is 4.74. The van der Waals surface area contributed by atoms with Crippen LogP contribution in [0.1, 0.15) is 43.4 Å². The van der Waals surface area contributed by atoms with Gasteiger partial charge in [-0.3, -0.25) is 9.69 Å². The number of benzene rings is 1. The molecule has 2 saturated heterocycles. The Hall–Kier alpha value is -1.65. The van der Waals surface area contributed by atoms with Gasteiger partial charge < -0.3 is 4.90 Å². The summed E-state index contributed by atoms with van der Waals surface area (Å²) in [5, 5.41) is 2.23. The lowest BCUT2D eigenvalue weighted by Crippen LogP contribution is -2.55. The summed E-state index contributed by atoms with van der Waals surface area (Å²) >= 11 is 1.93. The summed E-state index contributed by atoms with van der Waals surface area (Å²) in [5.41, 5.74) is 3.59. The Morgan fingerprint density at radius 1 is 0.926 bits per heavy atom. The normalized spacial score (nSPS) is 31.2. The number of thiophene rings is 1. The van der Waals surface area contributed by atoms with Crippen molar-refractivity contribution in [1.82, 2.24) is 9.80 Å². The van der Waals surface area contributed by atoms with E-state index in [-0.39, 0.29) is 0 Å². The van der Waals surface area contributed by atoms with E-state index in [1.54, 1.807) is 4.88 Å². The standard InChI is InChI=1S/C17H24N2OS.C6H4/c20-14-18-11-8-16(13-18)4-6-17(7-5-16,19-9-2-10-19)15-3-1-12-21-15;1-2-5-4-6(5)3-1/h1,3,12,14H,2,4-11,13H2;1-4H. The van der Waals surface area contributed by atoms with Crippen LogP contribution in [-0.4, -0.2) is 42.4 Å². The molecule has 27 heavy (non-hydrogen) atoms. The van der Waals surface area contributed by atoms with Crippen LogP contribution in [0.4, 0.5) is 0 Å². The molecular weight excluding hydrogens is 352 g/mol. The van der Waals surface area contributed by atoms with Crippen molar-refractivity contribution in [3.63, 3.8) is 0 Å². The Bertz CT molecular complexity index is 786. The van der Waals surface area contributed by atoms with E-state index in [0.29, 0.717) is 11.0 Å². The first kappa shape index (κ1) is 17.4. The third-order valence-corrected chi connectivity index (χ3v) is 8.37. The zero-order valence-corrected chi connectivity index (χ0v) is 16.7. The summed E-state index contributed by atoms with van der Waals surface area (Å²) in [6, 6.07) is 13.0. The summed E-state index contributed by atoms with van der Waals surface area (Å²) in [5.74, 6) is 0. The summed E-state index contributed by atoms with van der Waals surface area (Å²) in [6.45, 7) is 4.51. The van der Waals surface area contributed by atoms with Crippen molar-refractivity contribution in [1.29, 1.82) is 0 Å². The van der Waals surface area contributed by atoms with Gasteiger partial charge in [-0.25, -0.2) is 0 Å². The van der Waals surface area contributed by atoms with Crippen LogP contribution in [0.2, 0.25) is 0 Å². The second-order valence-corrected chi connectivity index (χ2v) is 9.70. The van der Waals surface area contributed by atoms with Crippen molar-refractivity contribution in [2.75, 3.05) is 26.2 Å². The maximum absolute atomic E-state index is 11.0. The number of likely N-dealkylation sites (tertiary alicyclic amines) is 2. The highest BCUT2D eigenvalue weighted by Crippen LogP contribution is 2.53. The molecule has 3 heterocycles. The van der Waals surface area contributed by atoms with Crippen molar-refractivity contribution in [2.24, 2.45) is 5.41 Å². The molecule has 0 N–H and O–H groups in total. The molecule has 3 aliphatic carbocycles. The quantitative estimate of drug-likeness (QED) is 0.613. The van der Waals surface area contributed by atoms with E-state index >= 15 is 0 Å². The van der Waals surface area contributed by atoms with Crippen molar-refractivity contribution in [3.8, 4) is 11.1 Å². The Morgan fingerprint density at radius 2 is 1.70 bits per heavy atom. The highest BCUT2D eigenvalue weighted by molar-refractivity contribution is 7.10. The molecule has 0 unspecified atom stereocenters. The molecular formula is C23H28N2OS. The number of rotatable bonds is 3. The Kier molecular flexibility index (Phi) is 4.36. The molecule has 6 rings (SSSR count). The topological polar surface area (TPSA) is 23.6 Å². The van der Waals surface area contributed by atoms with Gasteiger partial charge in [-0.05, 0) is 72.6 Å². The lowest BCUT2D eigenvalue weighted by Gasteiger charge is -2.53. The van der Waals surface area contributed by atoms with Crippen LogP contribution in [0.15, 0.2) is 41.8 Å². The zero-order chi connectivity index (χ0) is 18.3. The lowest BCUT2D eigenvalue weighted by atomic mass is 9.65. The average Bonchev–Trinajstić information content (AvgIpc) is 3.13. The van der Waals surface area contributed by atoms with Gasteiger partial charge >= 0.3 is 0 Å². The molecule has 3 nitrogen and oxygen atoms in total. The van der Waals surface area contributed by atoms with Crippen LogP contribution in [0, 0.1) is 5.41 Å². The molecule has 1 aromatic heterocycles. The molecule has 0 aromatic carbocycles. The first-order valence-corrected chi connectivity index (χ1v) is 11.2. The maximum Gasteiger partial charge on any atom is 0.209 e. The van der Waals surface area contributed by atoms with Crippen LogP contribution in [0.5, 0.6) is 0 Å². The van der Waals surface area contributed by atoms with Gasteiger partial charge in [0.1, 0.15) is 0 Å². The number of nitrogens with zero attached hydrogens (tertiary/aromatic N) is 2. The zero-order valence-electron chi connectivity index (χ0n) is 15.9. The van der Waals surface area contributed by atoms with Crippen molar-refractivity contribution >= 4 is 17.7 Å². The van der Waals surface area contributed by atoms with Gasteiger partial charge in [-0.2, -0.15) is 0 Å². The second-order valence-electron chi connectivity index (χ2n) is 8.76. The van der Waals surface area contributed by atoms with E-state index in [0.717, 1.165) is 19.5 Å². The first-order valence-electron chi connectivity index (χ1n) is 10.3. The fourth-order valence-corrected chi connectivity index (χ4v) is 6.36. The Labute approximate surface area is 166 Å². The van der Waals surface area contributed by atoms with Crippen molar-refractivity contribution in [3.05, 3.63) is 46.7 Å². The number of hydrogen-bond donors (Lipinski definition) is 0. The van der Waals surface area contributed by atoms with E-state index < -0.39 is 0 Å². The highest BCUT2D eigenvalue weighted by atomic mass is 32.1. The molecule has 142 valence electrons. The van der Waals surface area contributed by atoms with Gasteiger partial charge in [-0.1, -0.05) is 24.3 Å². The van der Waals surface area contributed by atoms with Gasteiger partial charge in [-0.15, -0.1) is 11.3 Å². The number of hydrogen-bond acceptors (Lipinski definition) is 3. The molecule has 1 saturated carbocycles. The average molecular weight is 381 g/mol. The molecule has 3 fully saturated rings. The van der Waals surface area contributed by atoms with Gasteiger partial charge in [0.25, 0.3) is 0 Å². The van der Waals surface area contributed by atoms with Crippen LogP contribution < -0.4 is 0 Å². The largest absolute Gasteiger partial charge is 0.345 e. The number of carbonyl (C=O) groups excluding carboxylic acids is 1. The predicted molar refractivity (Wildman–Crippen MR) is 111 cm³/mol. The third-order valence-electron chi connectivity index (χ3n) is 7.31. The third kappa shape index (κ3) is 3.13. The Balaban J connectivity index is 0.000000224. The summed E-state index contributed by atoms with van der Waals surface area (Å²) in [7, 11) is 0. The van der Waals surface area contributed by atoms with Gasteiger partial charge in [0.15, 0.2) is 0 Å². The monoisotopic (exact) mass is 380 g/mol. The second kappa shape index (κ2) is 6.75. The molecule has 0 radical (unpaired) electrons. The molecule has 4 heteroatoms. The maximum atomic E-state index is 11.0. The van der Waals surface area contributed by atoms with Crippen molar-refractivity contribution < 1.29 is 4.79 Å². The van der Waals surface area contributed by atoms with E-state index in [4.69, 9.17) is 0 Å². The van der Waals surface area contributed by atoms with E-state index in [1.165, 1.54) is 62.7 Å². The minimum atomic E-state index is 0.312. The van der Waals surface area contributed by atoms with Crippen molar-refractivity contribution in [2.45, 2.75) is 44.1 Å². The van der Waals surface area contributed by atoms with E-state index in [2.05, 4.69) is 46.7 Å². The molecule has 0 atom stereocenters. The molecule has 5 aliphatic rings. The molecule has 0 bridgehead atoms. The SMILES string of the molecule is O=CN1CCC2(CCC(c3cccs3)(N3CCC3)CC2)C1.c1cc2cc-2c1. The Morgan fingerprint density at radius 3 is 2.15 bits per heavy atom. The lowest BCUT2D eigenvalue weighted by molar-refractivity contribution is -0.117. The van der Waals surface area contributed by atoms with Gasteiger partial charge in [0.05, 0.1) is 5.54 Å². The first-order chi connectivity index (χ1) is 13.2. The van der Waals surface area contributed by atoms with Crippen LogP contribution in [0.25, 0.3) is 11.1 Å². The number of amides is 1. The molecule has 1 spiro atoms. The fourth-order valence-electron chi connectivity index (χ4n) is 5.34. The number of fused-ring (bicyclic) bond motifs is 1. The van der Waals surface area contributed by atoms with Gasteiger partial charge in [0, 0.05) is 31.1 Å². The number of carbonyl (C=O) groups is 1. The van der Waals surface area contributed by atoms with E-state index in [1.807, 2.05) is 16.2 Å². The highest BCUT2D eigenvalue weighted by Gasteiger charge is 2.50. The molecule has 1 aromatic rings. The van der Waals surface area contributed by atoms with E-state index in [9.17, 15) is 4.79 Å². The van der Waals surface area contributed by atoms with Crippen LogP contribution >= 0.6 is 11.3 Å². The summed E-state index contributed by atoms with van der Waals surface area (Å²) < 4.78 is 0. The molecule has 2 aliphatic heterocycles. The van der Waals surface area contributed by atoms with Crippen LogP contribution in [-0.2, 0) is 10.3 Å². The van der Waals surface area contributed by atoms with Crippen LogP contribution in [0.3, 0.4) is 0 Å². The fraction of sp³-hybridized carbons (Fsp3) is 0.522. The smallest absolute Gasteiger partial charge is 0.209 e. The minimum absolute atomic E-state index is 0.312. The minimum Gasteiger partial charge on any atom is -0.345 e. The van der Waals surface area contributed by atoms with Gasteiger partial charge in [0.2, 0.25) is 6.41 Å². The molecule has 1 amide bonds.